The van der Waals surface area contributed by atoms with Gasteiger partial charge in [0, 0.05) is 31.0 Å². The van der Waals surface area contributed by atoms with Crippen molar-refractivity contribution < 1.29 is 27.9 Å². The molecule has 0 spiro atoms. The molecule has 1 fully saturated rings. The van der Waals surface area contributed by atoms with Gasteiger partial charge in [-0.25, -0.2) is 0 Å². The van der Waals surface area contributed by atoms with Crippen LogP contribution in [0.2, 0.25) is 0 Å². The van der Waals surface area contributed by atoms with Gasteiger partial charge in [-0.15, -0.1) is 0 Å². The van der Waals surface area contributed by atoms with Crippen LogP contribution in [-0.2, 0) is 11.3 Å². The van der Waals surface area contributed by atoms with Crippen LogP contribution in [0.25, 0.3) is 0 Å². The van der Waals surface area contributed by atoms with Gasteiger partial charge < -0.3 is 14.6 Å². The van der Waals surface area contributed by atoms with Gasteiger partial charge in [-0.3, -0.25) is 9.59 Å². The topological polar surface area (TPSA) is 62.5 Å². The van der Waals surface area contributed by atoms with Gasteiger partial charge in [-0.05, 0) is 33.3 Å². The summed E-state index contributed by atoms with van der Waals surface area (Å²) in [6.07, 6.45) is -5.52. The van der Waals surface area contributed by atoms with E-state index in [1.165, 1.54) is 0 Å². The van der Waals surface area contributed by atoms with E-state index in [1.807, 2.05) is 18.4 Å². The van der Waals surface area contributed by atoms with Crippen molar-refractivity contribution in [1.29, 1.82) is 0 Å². The Balaban J connectivity index is 2.32. The van der Waals surface area contributed by atoms with Crippen LogP contribution in [0.5, 0.6) is 0 Å². The number of alkyl halides is 3. The number of aliphatic carboxylic acids is 1. The molecule has 1 aromatic heterocycles. The SMILES string of the molecule is CCn1c(C)cc(C(=O)N2CCC(C(=O)O)(C(F)(F)F)C2)c1C. The molecule has 1 N–H and O–H groups in total. The Kier molecular flexibility index (Phi) is 4.21. The fraction of sp³-hybridized carbons (Fsp3) is 0.600. The number of hydrogen-bond donors (Lipinski definition) is 1. The highest BCUT2D eigenvalue weighted by Gasteiger charge is 2.64. The molecule has 128 valence electrons. The zero-order valence-electron chi connectivity index (χ0n) is 13.2. The summed E-state index contributed by atoms with van der Waals surface area (Å²) >= 11 is 0. The highest BCUT2D eigenvalue weighted by Crippen LogP contribution is 2.46. The largest absolute Gasteiger partial charge is 0.481 e. The highest BCUT2D eigenvalue weighted by molar-refractivity contribution is 5.96. The Morgan fingerprint density at radius 2 is 1.96 bits per heavy atom. The van der Waals surface area contributed by atoms with Crippen molar-refractivity contribution in [2.75, 3.05) is 13.1 Å². The molecule has 1 amide bonds. The second kappa shape index (κ2) is 5.58. The van der Waals surface area contributed by atoms with Gasteiger partial charge in [0.05, 0.1) is 5.56 Å². The molecule has 5 nitrogen and oxygen atoms in total. The maximum Gasteiger partial charge on any atom is 0.406 e. The lowest BCUT2D eigenvalue weighted by Gasteiger charge is -2.27. The van der Waals surface area contributed by atoms with Crippen molar-refractivity contribution >= 4 is 11.9 Å². The maximum atomic E-state index is 13.2. The smallest absolute Gasteiger partial charge is 0.406 e. The number of carboxylic acid groups (broad SMARTS) is 1. The summed E-state index contributed by atoms with van der Waals surface area (Å²) < 4.78 is 41.4. The van der Waals surface area contributed by atoms with Crippen LogP contribution >= 0.6 is 0 Å². The van der Waals surface area contributed by atoms with Crippen molar-refractivity contribution in [3.05, 3.63) is 23.0 Å². The monoisotopic (exact) mass is 332 g/mol. The normalized spacial score (nSPS) is 21.7. The number of nitrogens with zero attached hydrogens (tertiary/aromatic N) is 2. The minimum atomic E-state index is -4.89. The Morgan fingerprint density at radius 1 is 1.35 bits per heavy atom. The summed E-state index contributed by atoms with van der Waals surface area (Å²) in [6.45, 7) is 5.03. The molecule has 2 rings (SSSR count). The molecule has 1 atom stereocenters. The number of aromatic nitrogens is 1. The first-order chi connectivity index (χ1) is 10.5. The van der Waals surface area contributed by atoms with E-state index in [0.29, 0.717) is 17.8 Å². The summed E-state index contributed by atoms with van der Waals surface area (Å²) in [5.74, 6) is -2.48. The quantitative estimate of drug-likeness (QED) is 0.925. The average Bonchev–Trinajstić information content (AvgIpc) is 3.00. The lowest BCUT2D eigenvalue weighted by Crippen LogP contribution is -2.47. The molecule has 1 aromatic rings. The number of likely N-dealkylation sites (tertiary alicyclic amines) is 1. The average molecular weight is 332 g/mol. The Labute approximate surface area is 131 Å². The second-order valence-corrected chi connectivity index (χ2v) is 5.89. The van der Waals surface area contributed by atoms with E-state index in [1.54, 1.807) is 13.0 Å². The minimum Gasteiger partial charge on any atom is -0.481 e. The van der Waals surface area contributed by atoms with Crippen LogP contribution in [0, 0.1) is 19.3 Å². The molecular formula is C15H19F3N2O3. The predicted octanol–water partition coefficient (Wildman–Crippen LogP) is 2.60. The third-order valence-electron chi connectivity index (χ3n) is 4.63. The van der Waals surface area contributed by atoms with Gasteiger partial charge in [0.25, 0.3) is 5.91 Å². The number of hydrogen-bond acceptors (Lipinski definition) is 2. The fourth-order valence-corrected chi connectivity index (χ4v) is 3.18. The maximum absolute atomic E-state index is 13.2. The van der Waals surface area contributed by atoms with E-state index in [2.05, 4.69) is 0 Å². The van der Waals surface area contributed by atoms with E-state index in [9.17, 15) is 22.8 Å². The first-order valence-electron chi connectivity index (χ1n) is 7.31. The summed E-state index contributed by atoms with van der Waals surface area (Å²) in [7, 11) is 0. The van der Waals surface area contributed by atoms with Crippen LogP contribution in [0.3, 0.4) is 0 Å². The molecule has 2 heterocycles. The van der Waals surface area contributed by atoms with Crippen LogP contribution in [-0.4, -0.2) is 45.7 Å². The molecule has 1 unspecified atom stereocenters. The second-order valence-electron chi connectivity index (χ2n) is 5.89. The first-order valence-corrected chi connectivity index (χ1v) is 7.31. The zero-order chi connectivity index (χ0) is 17.6. The summed E-state index contributed by atoms with van der Waals surface area (Å²) in [4.78, 5) is 24.7. The first kappa shape index (κ1) is 17.4. The Bertz CT molecular complexity index is 651. The zero-order valence-corrected chi connectivity index (χ0v) is 13.2. The minimum absolute atomic E-state index is 0.222. The predicted molar refractivity (Wildman–Crippen MR) is 76.2 cm³/mol. The lowest BCUT2D eigenvalue weighted by atomic mass is 9.86. The molecule has 0 aliphatic carbocycles. The van der Waals surface area contributed by atoms with Gasteiger partial charge in [-0.2, -0.15) is 13.2 Å². The van der Waals surface area contributed by atoms with Gasteiger partial charge in [0.15, 0.2) is 5.41 Å². The molecule has 8 heteroatoms. The number of carbonyl (C=O) groups is 2. The van der Waals surface area contributed by atoms with Crippen LogP contribution in [0.1, 0.15) is 35.1 Å². The standard InChI is InChI=1S/C15H19F3N2O3/c1-4-20-9(2)7-11(10(20)3)12(21)19-6-5-14(8-19,13(22)23)15(16,17)18/h7H,4-6,8H2,1-3H3,(H,22,23). The van der Waals surface area contributed by atoms with Gasteiger partial charge in [-0.1, -0.05) is 0 Å². The molecule has 0 aromatic carbocycles. The van der Waals surface area contributed by atoms with Gasteiger partial charge >= 0.3 is 12.1 Å². The van der Waals surface area contributed by atoms with Crippen LogP contribution in [0.15, 0.2) is 6.07 Å². The highest BCUT2D eigenvalue weighted by atomic mass is 19.4. The molecule has 1 saturated heterocycles. The Morgan fingerprint density at radius 3 is 2.35 bits per heavy atom. The third-order valence-corrected chi connectivity index (χ3v) is 4.63. The molecule has 0 saturated carbocycles. The molecule has 0 bridgehead atoms. The molecule has 23 heavy (non-hydrogen) atoms. The number of aryl methyl sites for hydroxylation is 1. The van der Waals surface area contributed by atoms with Crippen LogP contribution < -0.4 is 0 Å². The number of rotatable bonds is 3. The fourth-order valence-electron chi connectivity index (χ4n) is 3.18. The van der Waals surface area contributed by atoms with E-state index < -0.39 is 36.4 Å². The van der Waals surface area contributed by atoms with Crippen molar-refractivity contribution in [2.45, 2.75) is 39.9 Å². The third kappa shape index (κ3) is 2.60. The Hall–Kier alpha value is -1.99. The molecule has 1 aliphatic rings. The number of carboxylic acids is 1. The molecule has 1 aliphatic heterocycles. The van der Waals surface area contributed by atoms with Crippen molar-refractivity contribution in [3.8, 4) is 0 Å². The lowest BCUT2D eigenvalue weighted by molar-refractivity contribution is -0.227. The van der Waals surface area contributed by atoms with Crippen molar-refractivity contribution in [3.63, 3.8) is 0 Å². The molecular weight excluding hydrogens is 313 g/mol. The number of halogens is 3. The number of amides is 1. The number of carbonyl (C=O) groups excluding carboxylic acids is 1. The van der Waals surface area contributed by atoms with Gasteiger partial charge in [0.1, 0.15) is 0 Å². The van der Waals surface area contributed by atoms with E-state index >= 15 is 0 Å². The van der Waals surface area contributed by atoms with Crippen molar-refractivity contribution in [1.82, 2.24) is 9.47 Å². The van der Waals surface area contributed by atoms with E-state index in [-0.39, 0.29) is 6.54 Å². The van der Waals surface area contributed by atoms with Gasteiger partial charge in [0.2, 0.25) is 0 Å². The van der Waals surface area contributed by atoms with E-state index in [4.69, 9.17) is 5.11 Å². The summed E-state index contributed by atoms with van der Waals surface area (Å²) in [6, 6.07) is 1.63. The summed E-state index contributed by atoms with van der Waals surface area (Å²) in [5, 5.41) is 9.05. The van der Waals surface area contributed by atoms with Crippen LogP contribution in [0.4, 0.5) is 13.2 Å². The van der Waals surface area contributed by atoms with E-state index in [0.717, 1.165) is 10.6 Å². The van der Waals surface area contributed by atoms with Crippen molar-refractivity contribution in [2.24, 2.45) is 5.41 Å². The summed E-state index contributed by atoms with van der Waals surface area (Å²) in [5.41, 5.74) is -1.03. The molecule has 0 radical (unpaired) electrons.